The zero-order valence-corrected chi connectivity index (χ0v) is 17.0. The Morgan fingerprint density at radius 1 is 1.15 bits per heavy atom. The second-order valence-electron chi connectivity index (χ2n) is 7.58. The van der Waals surface area contributed by atoms with Gasteiger partial charge in [-0.05, 0) is 57.8 Å². The molecule has 1 N–H and O–H groups in total. The number of aryl methyl sites for hydroxylation is 3. The van der Waals surface area contributed by atoms with E-state index in [0.29, 0.717) is 19.0 Å². The zero-order chi connectivity index (χ0) is 18.1. The van der Waals surface area contributed by atoms with Gasteiger partial charge in [0.05, 0.1) is 5.92 Å². The lowest BCUT2D eigenvalue weighted by Gasteiger charge is -2.33. The normalized spacial score (nSPS) is 20.8. The second-order valence-corrected chi connectivity index (χ2v) is 7.58. The van der Waals surface area contributed by atoms with Crippen molar-refractivity contribution in [1.82, 2.24) is 10.2 Å². The highest BCUT2D eigenvalue weighted by Gasteiger charge is 2.38. The minimum atomic E-state index is -0.229. The van der Waals surface area contributed by atoms with E-state index in [1.807, 2.05) is 30.7 Å². The van der Waals surface area contributed by atoms with E-state index in [4.69, 9.17) is 0 Å². The molecule has 2 amide bonds. The van der Waals surface area contributed by atoms with E-state index in [2.05, 4.69) is 24.4 Å². The monoisotopic (exact) mass is 379 g/mol. The summed E-state index contributed by atoms with van der Waals surface area (Å²) in [5, 5.41) is 3.33. The first-order chi connectivity index (χ1) is 11.9. The summed E-state index contributed by atoms with van der Waals surface area (Å²) in [6.07, 6.45) is 2.30. The van der Waals surface area contributed by atoms with Crippen molar-refractivity contribution in [2.45, 2.75) is 46.1 Å². The van der Waals surface area contributed by atoms with E-state index < -0.39 is 0 Å². The smallest absolute Gasteiger partial charge is 0.228 e. The molecule has 2 saturated heterocycles. The molecule has 0 saturated carbocycles. The summed E-state index contributed by atoms with van der Waals surface area (Å²) in [7, 11) is 1.90. The van der Waals surface area contributed by atoms with E-state index in [9.17, 15) is 9.59 Å². The number of benzene rings is 1. The van der Waals surface area contributed by atoms with Crippen LogP contribution in [0.5, 0.6) is 0 Å². The van der Waals surface area contributed by atoms with Crippen molar-refractivity contribution in [1.29, 1.82) is 0 Å². The van der Waals surface area contributed by atoms with Gasteiger partial charge >= 0.3 is 0 Å². The number of nitrogens with zero attached hydrogens (tertiary/aromatic N) is 2. The molecule has 5 nitrogen and oxygen atoms in total. The molecule has 0 bridgehead atoms. The van der Waals surface area contributed by atoms with Gasteiger partial charge in [0, 0.05) is 31.7 Å². The number of halogens is 1. The molecule has 26 heavy (non-hydrogen) atoms. The number of piperidine rings is 1. The van der Waals surface area contributed by atoms with E-state index >= 15 is 0 Å². The first-order valence-electron chi connectivity index (χ1n) is 9.24. The Bertz CT molecular complexity index is 663. The van der Waals surface area contributed by atoms with Crippen molar-refractivity contribution in [3.63, 3.8) is 0 Å². The zero-order valence-electron chi connectivity index (χ0n) is 16.2. The van der Waals surface area contributed by atoms with Crippen molar-refractivity contribution in [3.05, 3.63) is 28.8 Å². The van der Waals surface area contributed by atoms with Gasteiger partial charge in [0.25, 0.3) is 0 Å². The van der Waals surface area contributed by atoms with Crippen LogP contribution >= 0.6 is 12.4 Å². The topological polar surface area (TPSA) is 52.7 Å². The summed E-state index contributed by atoms with van der Waals surface area (Å²) in [6, 6.07) is 4.50. The van der Waals surface area contributed by atoms with Crippen LogP contribution in [0.25, 0.3) is 0 Å². The summed E-state index contributed by atoms with van der Waals surface area (Å²) in [5.74, 6) is -0.0511. The summed E-state index contributed by atoms with van der Waals surface area (Å²) < 4.78 is 0. The highest BCUT2D eigenvalue weighted by molar-refractivity contribution is 6.01. The number of rotatable bonds is 3. The Kier molecular flexibility index (Phi) is 6.69. The van der Waals surface area contributed by atoms with Crippen LogP contribution in [-0.4, -0.2) is 49.4 Å². The lowest BCUT2D eigenvalue weighted by atomic mass is 10.0. The Morgan fingerprint density at radius 2 is 1.73 bits per heavy atom. The summed E-state index contributed by atoms with van der Waals surface area (Å²) in [4.78, 5) is 29.2. The molecule has 3 rings (SSSR count). The maximum atomic E-state index is 12.9. The van der Waals surface area contributed by atoms with Gasteiger partial charge in [-0.15, -0.1) is 12.4 Å². The molecule has 1 unspecified atom stereocenters. The van der Waals surface area contributed by atoms with E-state index in [1.54, 1.807) is 0 Å². The number of carbonyl (C=O) groups is 2. The van der Waals surface area contributed by atoms with Gasteiger partial charge in [0.15, 0.2) is 0 Å². The van der Waals surface area contributed by atoms with Crippen LogP contribution in [0.3, 0.4) is 0 Å². The molecular weight excluding hydrogens is 350 g/mol. The van der Waals surface area contributed by atoms with Crippen LogP contribution in [0.2, 0.25) is 0 Å². The van der Waals surface area contributed by atoms with Crippen LogP contribution in [0.15, 0.2) is 12.1 Å². The molecule has 1 aromatic carbocycles. The Labute approximate surface area is 162 Å². The van der Waals surface area contributed by atoms with Crippen LogP contribution in [0, 0.1) is 26.7 Å². The standard InChI is InChI=1S/C20H29N3O2.ClH/c1-13-9-14(2)19(15(3)10-13)23-12-16(11-18(23)24)20(25)22(4)17-5-7-21-8-6-17;/h9-10,16-17,21H,5-8,11-12H2,1-4H3;1H. The highest BCUT2D eigenvalue weighted by atomic mass is 35.5. The van der Waals surface area contributed by atoms with Crippen molar-refractivity contribution in [2.24, 2.45) is 5.92 Å². The van der Waals surface area contributed by atoms with Crippen LogP contribution in [-0.2, 0) is 9.59 Å². The molecule has 144 valence electrons. The van der Waals surface area contributed by atoms with Crippen molar-refractivity contribution >= 4 is 29.9 Å². The minimum Gasteiger partial charge on any atom is -0.342 e. The molecule has 1 atom stereocenters. The average Bonchev–Trinajstić information content (AvgIpc) is 2.95. The lowest BCUT2D eigenvalue weighted by Crippen LogP contribution is -2.46. The average molecular weight is 380 g/mol. The number of amides is 2. The summed E-state index contributed by atoms with van der Waals surface area (Å²) >= 11 is 0. The number of hydrogen-bond donors (Lipinski definition) is 1. The number of anilines is 1. The van der Waals surface area contributed by atoms with Crippen molar-refractivity contribution in [2.75, 3.05) is 31.6 Å². The highest BCUT2D eigenvalue weighted by Crippen LogP contribution is 2.32. The van der Waals surface area contributed by atoms with Gasteiger partial charge in [0.2, 0.25) is 11.8 Å². The quantitative estimate of drug-likeness (QED) is 0.878. The van der Waals surface area contributed by atoms with Gasteiger partial charge in [-0.3, -0.25) is 9.59 Å². The van der Waals surface area contributed by atoms with Crippen LogP contribution < -0.4 is 10.2 Å². The largest absolute Gasteiger partial charge is 0.342 e. The number of carbonyl (C=O) groups excluding carboxylic acids is 2. The minimum absolute atomic E-state index is 0. The van der Waals surface area contributed by atoms with E-state index in [0.717, 1.165) is 42.7 Å². The van der Waals surface area contributed by atoms with Gasteiger partial charge < -0.3 is 15.1 Å². The second kappa shape index (κ2) is 8.40. The molecule has 0 spiro atoms. The molecule has 2 aliphatic heterocycles. The van der Waals surface area contributed by atoms with Crippen molar-refractivity contribution in [3.8, 4) is 0 Å². The fourth-order valence-corrected chi connectivity index (χ4v) is 4.35. The van der Waals surface area contributed by atoms with E-state index in [1.165, 1.54) is 5.56 Å². The SMILES string of the molecule is Cc1cc(C)c(N2CC(C(=O)N(C)C3CCNCC3)CC2=O)c(C)c1.Cl. The molecule has 2 fully saturated rings. The Morgan fingerprint density at radius 3 is 2.31 bits per heavy atom. The van der Waals surface area contributed by atoms with Gasteiger partial charge in [0.1, 0.15) is 0 Å². The molecular formula is C20H30ClN3O2. The molecule has 2 aliphatic rings. The molecule has 1 aromatic rings. The fraction of sp³-hybridized carbons (Fsp3) is 0.600. The molecule has 0 radical (unpaired) electrons. The van der Waals surface area contributed by atoms with Crippen LogP contribution in [0.1, 0.15) is 36.0 Å². The van der Waals surface area contributed by atoms with Gasteiger partial charge in [-0.1, -0.05) is 17.7 Å². The predicted octanol–water partition coefficient (Wildman–Crippen LogP) is 2.60. The third-order valence-corrected chi connectivity index (χ3v) is 5.58. The number of nitrogens with one attached hydrogen (secondary N) is 1. The molecule has 2 heterocycles. The van der Waals surface area contributed by atoms with Crippen molar-refractivity contribution < 1.29 is 9.59 Å². The summed E-state index contributed by atoms with van der Waals surface area (Å²) in [6.45, 7) is 8.56. The first kappa shape index (κ1) is 20.7. The Hall–Kier alpha value is -1.59. The van der Waals surface area contributed by atoms with E-state index in [-0.39, 0.29) is 30.1 Å². The maximum absolute atomic E-state index is 12.9. The summed E-state index contributed by atoms with van der Waals surface area (Å²) in [5.41, 5.74) is 4.38. The predicted molar refractivity (Wildman–Crippen MR) is 107 cm³/mol. The third-order valence-electron chi connectivity index (χ3n) is 5.58. The third kappa shape index (κ3) is 4.04. The maximum Gasteiger partial charge on any atom is 0.228 e. The Balaban J connectivity index is 0.00000243. The van der Waals surface area contributed by atoms with Gasteiger partial charge in [-0.25, -0.2) is 0 Å². The first-order valence-corrected chi connectivity index (χ1v) is 9.24. The number of hydrogen-bond acceptors (Lipinski definition) is 3. The van der Waals surface area contributed by atoms with Gasteiger partial charge in [-0.2, -0.15) is 0 Å². The van der Waals surface area contributed by atoms with Crippen LogP contribution in [0.4, 0.5) is 5.69 Å². The molecule has 0 aliphatic carbocycles. The molecule has 0 aromatic heterocycles. The lowest BCUT2D eigenvalue weighted by molar-refractivity contribution is -0.137. The fourth-order valence-electron chi connectivity index (χ4n) is 4.35. The molecule has 6 heteroatoms.